The van der Waals surface area contributed by atoms with E-state index >= 15 is 0 Å². The predicted molar refractivity (Wildman–Crippen MR) is 131 cm³/mol. The lowest BCUT2D eigenvalue weighted by Crippen LogP contribution is -2.58. The van der Waals surface area contributed by atoms with E-state index in [0.717, 1.165) is 12.7 Å². The van der Waals surface area contributed by atoms with Gasteiger partial charge in [0.25, 0.3) is 0 Å². The van der Waals surface area contributed by atoms with Gasteiger partial charge in [0, 0.05) is 6.04 Å². The van der Waals surface area contributed by atoms with E-state index in [1.54, 1.807) is 18.2 Å². The number of urea groups is 1. The van der Waals surface area contributed by atoms with Crippen molar-refractivity contribution >= 4 is 17.8 Å². The lowest BCUT2D eigenvalue weighted by molar-refractivity contribution is -0.172. The zero-order valence-electron chi connectivity index (χ0n) is 21.6. The zero-order valence-corrected chi connectivity index (χ0v) is 21.6. The van der Waals surface area contributed by atoms with Crippen LogP contribution in [0.1, 0.15) is 54.0 Å². The van der Waals surface area contributed by atoms with Gasteiger partial charge in [-0.1, -0.05) is 35.4 Å². The Bertz CT molecular complexity index is 1360. The largest absolute Gasteiger partial charge is 0.467 e. The van der Waals surface area contributed by atoms with Crippen molar-refractivity contribution in [3.05, 3.63) is 70.8 Å². The van der Waals surface area contributed by atoms with Crippen molar-refractivity contribution in [3.63, 3.8) is 0 Å². The minimum atomic E-state index is -5.11. The Balaban J connectivity index is 1.60. The van der Waals surface area contributed by atoms with Crippen LogP contribution in [0.15, 0.2) is 63.8 Å². The third-order valence-electron chi connectivity index (χ3n) is 7.80. The fraction of sp³-hybridized carbons (Fsp3) is 0.444. The molecule has 0 aromatic heterocycles. The maximum Gasteiger partial charge on any atom is 0.416 e. The first-order valence-electron chi connectivity index (χ1n) is 12.7. The molecule has 0 radical (unpaired) electrons. The number of benzene rings is 2. The molecule has 3 aliphatic rings. The summed E-state index contributed by atoms with van der Waals surface area (Å²) in [5.41, 5.74) is -3.98. The van der Waals surface area contributed by atoms with E-state index < -0.39 is 58.8 Å². The van der Waals surface area contributed by atoms with Gasteiger partial charge < -0.3 is 9.47 Å². The van der Waals surface area contributed by atoms with Crippen LogP contribution in [0.3, 0.4) is 0 Å². The van der Waals surface area contributed by atoms with Crippen LogP contribution in [-0.2, 0) is 32.2 Å². The van der Waals surface area contributed by atoms with E-state index in [-0.39, 0.29) is 24.5 Å². The smallest absolute Gasteiger partial charge is 0.416 e. The highest BCUT2D eigenvalue weighted by Gasteiger charge is 2.57. The number of fused-ring (bicyclic) bond motifs is 2. The van der Waals surface area contributed by atoms with Crippen LogP contribution in [0.2, 0.25) is 0 Å². The normalized spacial score (nSPS) is 25.3. The number of halogens is 6. The Morgan fingerprint density at radius 1 is 1.00 bits per heavy atom. The molecule has 41 heavy (non-hydrogen) atoms. The maximum atomic E-state index is 13.6. The predicted octanol–water partition coefficient (Wildman–Crippen LogP) is 6.46. The molecule has 3 heterocycles. The lowest BCUT2D eigenvalue weighted by Gasteiger charge is -2.50. The van der Waals surface area contributed by atoms with E-state index in [1.807, 2.05) is 17.0 Å². The van der Waals surface area contributed by atoms with Crippen LogP contribution in [0.5, 0.6) is 0 Å². The third kappa shape index (κ3) is 5.49. The number of azo groups is 1. The highest BCUT2D eigenvalue weighted by molar-refractivity contribution is 5.99. The van der Waals surface area contributed by atoms with Gasteiger partial charge in [-0.2, -0.15) is 31.3 Å². The van der Waals surface area contributed by atoms with Crippen molar-refractivity contribution in [1.82, 2.24) is 4.90 Å². The number of carbonyl (C=O) groups is 2. The van der Waals surface area contributed by atoms with E-state index in [1.165, 1.54) is 0 Å². The molecule has 2 saturated heterocycles. The number of hydrogen-bond donors (Lipinski definition) is 0. The Kier molecular flexibility index (Phi) is 7.49. The van der Waals surface area contributed by atoms with E-state index in [9.17, 15) is 35.9 Å². The van der Waals surface area contributed by atoms with Crippen molar-refractivity contribution in [2.45, 2.75) is 61.8 Å². The number of carbonyl (C=O) groups excluding carboxylic acids is 2. The van der Waals surface area contributed by atoms with Gasteiger partial charge in [0.05, 0.1) is 36.4 Å². The third-order valence-corrected chi connectivity index (χ3v) is 7.80. The van der Waals surface area contributed by atoms with Crippen LogP contribution in [-0.4, -0.2) is 48.5 Å². The Morgan fingerprint density at radius 3 is 2.22 bits per heavy atom. The quantitative estimate of drug-likeness (QED) is 0.276. The lowest BCUT2D eigenvalue weighted by atomic mass is 9.78. The summed E-state index contributed by atoms with van der Waals surface area (Å²) in [5, 5.41) is 7.25. The second-order valence-electron chi connectivity index (χ2n) is 10.1. The molecule has 2 amide bonds. The van der Waals surface area contributed by atoms with Gasteiger partial charge in [-0.25, -0.2) is 9.59 Å². The van der Waals surface area contributed by atoms with Crippen LogP contribution in [0.25, 0.3) is 0 Å². The number of hydrogen-bond acceptors (Lipinski definition) is 6. The minimum absolute atomic E-state index is 0.00855. The number of amidine groups is 1. The molecule has 218 valence electrons. The first-order chi connectivity index (χ1) is 19.3. The Hall–Kier alpha value is -3.65. The molecule has 0 aliphatic carbocycles. The number of esters is 1. The van der Waals surface area contributed by atoms with Gasteiger partial charge in [-0.05, 0) is 55.0 Å². The van der Waals surface area contributed by atoms with Crippen molar-refractivity contribution in [1.29, 1.82) is 0 Å². The number of methoxy groups -OCH3 is 1. The molecule has 2 aromatic carbocycles. The molecule has 14 heteroatoms. The van der Waals surface area contributed by atoms with Crippen molar-refractivity contribution in [2.24, 2.45) is 15.2 Å². The summed E-state index contributed by atoms with van der Waals surface area (Å²) in [4.78, 5) is 30.4. The summed E-state index contributed by atoms with van der Waals surface area (Å²) < 4.78 is 92.9. The van der Waals surface area contributed by atoms with E-state index in [2.05, 4.69) is 15.2 Å². The van der Waals surface area contributed by atoms with E-state index in [0.29, 0.717) is 37.8 Å². The highest BCUT2D eigenvalue weighted by atomic mass is 19.4. The SMILES string of the molecule is COC(=O)[C@H](O[C@@H]1CC[C@H]2CC[C@]1(c1ccccc1)N2CC1=NC(=O)N=N1)c1cc(C(F)(F)F)cc(C(F)(F)F)c1. The molecule has 2 fully saturated rings. The number of nitrogens with zero attached hydrogens (tertiary/aromatic N) is 4. The molecule has 0 N–H and O–H groups in total. The van der Waals surface area contributed by atoms with Gasteiger partial charge in [0.2, 0.25) is 0 Å². The second-order valence-corrected chi connectivity index (χ2v) is 10.1. The summed E-state index contributed by atoms with van der Waals surface area (Å²) in [7, 11) is 0.975. The van der Waals surface area contributed by atoms with Gasteiger partial charge >= 0.3 is 24.4 Å². The molecule has 5 rings (SSSR count). The van der Waals surface area contributed by atoms with Crippen LogP contribution >= 0.6 is 0 Å². The van der Waals surface area contributed by atoms with Crippen molar-refractivity contribution in [3.8, 4) is 0 Å². The van der Waals surface area contributed by atoms with Gasteiger partial charge in [0.1, 0.15) is 0 Å². The molecular formula is C27H24F6N4O4. The average molecular weight is 583 g/mol. The standard InChI is InChI=1S/C27H24F6N4O4/c1-40-23(38)22(15-11-17(26(28,29)30)13-18(12-15)27(31,32)33)41-20-8-7-19-9-10-25(20,16-5-3-2-4-6-16)37(19)14-21-34-24(39)36-35-21/h2-6,11-13,19-20,22H,7-10,14H2,1H3/t19-,20+,22+,25+/m0/s1. The molecule has 8 nitrogen and oxygen atoms in total. The van der Waals surface area contributed by atoms with Crippen molar-refractivity contribution < 1.29 is 45.4 Å². The maximum absolute atomic E-state index is 13.6. The highest BCUT2D eigenvalue weighted by Crippen LogP contribution is 2.53. The average Bonchev–Trinajstić information content (AvgIpc) is 3.45. The number of rotatable bonds is 7. The summed E-state index contributed by atoms with van der Waals surface area (Å²) in [6.07, 6.45) is -10.9. The first kappa shape index (κ1) is 28.9. The van der Waals surface area contributed by atoms with Crippen LogP contribution < -0.4 is 0 Å². The number of amides is 2. The molecule has 2 aromatic rings. The molecule has 2 bridgehead atoms. The van der Waals surface area contributed by atoms with Crippen molar-refractivity contribution in [2.75, 3.05) is 13.7 Å². The Labute approximate surface area is 230 Å². The summed E-state index contributed by atoms with van der Waals surface area (Å²) >= 11 is 0. The summed E-state index contributed by atoms with van der Waals surface area (Å²) in [5.74, 6) is -0.980. The fourth-order valence-corrected chi connectivity index (χ4v) is 6.06. The first-order valence-corrected chi connectivity index (χ1v) is 12.7. The Morgan fingerprint density at radius 2 is 1.66 bits per heavy atom. The molecule has 0 unspecified atom stereocenters. The van der Waals surface area contributed by atoms with Gasteiger partial charge in [-0.15, -0.1) is 5.11 Å². The van der Waals surface area contributed by atoms with E-state index in [4.69, 9.17) is 9.47 Å². The summed E-state index contributed by atoms with van der Waals surface area (Å²) in [6.45, 7) is 0.0966. The molecule has 3 aliphatic heterocycles. The molecule has 0 spiro atoms. The minimum Gasteiger partial charge on any atom is -0.467 e. The van der Waals surface area contributed by atoms with Crippen LogP contribution in [0, 0.1) is 0 Å². The summed E-state index contributed by atoms with van der Waals surface area (Å²) in [6, 6.07) is 9.22. The molecule has 4 atom stereocenters. The van der Waals surface area contributed by atoms with Gasteiger partial charge in [0.15, 0.2) is 11.9 Å². The fourth-order valence-electron chi connectivity index (χ4n) is 6.06. The van der Waals surface area contributed by atoms with Gasteiger partial charge in [-0.3, -0.25) is 4.90 Å². The zero-order chi connectivity index (χ0) is 29.6. The number of alkyl halides is 6. The number of aliphatic imine (C=N–C) groups is 1. The molecular weight excluding hydrogens is 558 g/mol. The topological polar surface area (TPSA) is 92.9 Å². The number of piperidine rings is 1. The van der Waals surface area contributed by atoms with Crippen LogP contribution in [0.4, 0.5) is 31.1 Å². The molecule has 0 saturated carbocycles. The monoisotopic (exact) mass is 582 g/mol. The second kappa shape index (κ2) is 10.6. The number of ether oxygens (including phenoxy) is 2.